The smallest absolute Gasteiger partial charge is 0.240 e. The summed E-state index contributed by atoms with van der Waals surface area (Å²) in [4.78, 5) is 4.19. The first-order valence-corrected chi connectivity index (χ1v) is 7.65. The predicted molar refractivity (Wildman–Crippen MR) is 76.5 cm³/mol. The third-order valence-electron chi connectivity index (χ3n) is 2.73. The molecule has 106 valence electrons. The molecule has 1 atom stereocenters. The van der Waals surface area contributed by atoms with Gasteiger partial charge in [-0.25, -0.2) is 13.1 Å². The highest BCUT2D eigenvalue weighted by Gasteiger charge is 2.14. The summed E-state index contributed by atoms with van der Waals surface area (Å²) in [6, 6.07) is 10.3. The van der Waals surface area contributed by atoms with Crippen molar-refractivity contribution in [2.45, 2.75) is 17.9 Å². The van der Waals surface area contributed by atoms with Crippen LogP contribution in [-0.4, -0.2) is 31.2 Å². The highest BCUT2D eigenvalue weighted by atomic mass is 32.2. The summed E-state index contributed by atoms with van der Waals surface area (Å²) in [6.45, 7) is 1.51. The van der Waals surface area contributed by atoms with Crippen molar-refractivity contribution in [3.63, 3.8) is 0 Å². The number of nitrogens with zero attached hydrogens (tertiary/aromatic N) is 1. The standard InChI is InChI=1S/C14H16N2O3S/c1-11(17)9-16-20(18,19)14-6-4-12(5-7-14)13-3-2-8-15-10-13/h2-8,10-11,16-17H,9H2,1H3. The zero-order chi connectivity index (χ0) is 14.6. The summed E-state index contributed by atoms with van der Waals surface area (Å²) in [5, 5.41) is 9.12. The topological polar surface area (TPSA) is 79.3 Å². The van der Waals surface area contributed by atoms with Gasteiger partial charge in [0.2, 0.25) is 10.0 Å². The SMILES string of the molecule is CC(O)CNS(=O)(=O)c1ccc(-c2cccnc2)cc1. The Morgan fingerprint density at radius 3 is 2.45 bits per heavy atom. The molecule has 2 rings (SSSR count). The van der Waals surface area contributed by atoms with Crippen LogP contribution in [0, 0.1) is 0 Å². The third kappa shape index (κ3) is 3.63. The summed E-state index contributed by atoms with van der Waals surface area (Å²) in [6.07, 6.45) is 2.68. The van der Waals surface area contributed by atoms with E-state index in [0.717, 1.165) is 11.1 Å². The number of aromatic nitrogens is 1. The quantitative estimate of drug-likeness (QED) is 0.873. The van der Waals surface area contributed by atoms with Crippen LogP contribution in [0.1, 0.15) is 6.92 Å². The highest BCUT2D eigenvalue weighted by Crippen LogP contribution is 2.20. The van der Waals surface area contributed by atoms with E-state index in [0.29, 0.717) is 0 Å². The number of nitrogens with one attached hydrogen (secondary N) is 1. The summed E-state index contributed by atoms with van der Waals surface area (Å²) in [5.41, 5.74) is 1.82. The minimum absolute atomic E-state index is 0.00725. The lowest BCUT2D eigenvalue weighted by Crippen LogP contribution is -2.30. The Morgan fingerprint density at radius 2 is 1.90 bits per heavy atom. The molecular formula is C14H16N2O3S. The Hall–Kier alpha value is -1.76. The third-order valence-corrected chi connectivity index (χ3v) is 4.17. The molecule has 1 aromatic heterocycles. The van der Waals surface area contributed by atoms with Gasteiger partial charge in [-0.2, -0.15) is 0 Å². The number of benzene rings is 1. The summed E-state index contributed by atoms with van der Waals surface area (Å²) < 4.78 is 26.2. The first-order valence-electron chi connectivity index (χ1n) is 6.17. The summed E-state index contributed by atoms with van der Waals surface area (Å²) in [5.74, 6) is 0. The molecule has 20 heavy (non-hydrogen) atoms. The van der Waals surface area contributed by atoms with Crippen LogP contribution in [0.5, 0.6) is 0 Å². The highest BCUT2D eigenvalue weighted by molar-refractivity contribution is 7.89. The molecule has 1 unspecified atom stereocenters. The van der Waals surface area contributed by atoms with Crippen LogP contribution in [-0.2, 0) is 10.0 Å². The number of sulfonamides is 1. The second-order valence-electron chi connectivity index (χ2n) is 4.47. The Labute approximate surface area is 118 Å². The van der Waals surface area contributed by atoms with Gasteiger partial charge in [-0.05, 0) is 36.2 Å². The lowest BCUT2D eigenvalue weighted by atomic mass is 10.1. The van der Waals surface area contributed by atoms with Crippen LogP contribution in [0.4, 0.5) is 0 Å². The maximum Gasteiger partial charge on any atom is 0.240 e. The zero-order valence-corrected chi connectivity index (χ0v) is 11.8. The van der Waals surface area contributed by atoms with Crippen molar-refractivity contribution in [3.05, 3.63) is 48.8 Å². The number of aliphatic hydroxyl groups is 1. The second-order valence-corrected chi connectivity index (χ2v) is 6.23. The van der Waals surface area contributed by atoms with E-state index in [1.165, 1.54) is 19.1 Å². The van der Waals surface area contributed by atoms with Crippen molar-refractivity contribution in [2.24, 2.45) is 0 Å². The monoisotopic (exact) mass is 292 g/mol. The molecule has 0 spiro atoms. The Balaban J connectivity index is 2.20. The van der Waals surface area contributed by atoms with E-state index in [1.807, 2.05) is 12.1 Å². The van der Waals surface area contributed by atoms with Gasteiger partial charge in [0.05, 0.1) is 11.0 Å². The number of hydrogen-bond donors (Lipinski definition) is 2. The van der Waals surface area contributed by atoms with E-state index in [2.05, 4.69) is 9.71 Å². The average Bonchev–Trinajstić information content (AvgIpc) is 2.46. The Morgan fingerprint density at radius 1 is 1.20 bits per heavy atom. The molecular weight excluding hydrogens is 276 g/mol. The van der Waals surface area contributed by atoms with Crippen molar-refractivity contribution in [1.82, 2.24) is 9.71 Å². The lowest BCUT2D eigenvalue weighted by Gasteiger charge is -2.09. The van der Waals surface area contributed by atoms with Gasteiger partial charge in [-0.15, -0.1) is 0 Å². The van der Waals surface area contributed by atoms with E-state index in [9.17, 15) is 8.42 Å². The molecule has 0 aliphatic rings. The number of rotatable bonds is 5. The van der Waals surface area contributed by atoms with Gasteiger partial charge < -0.3 is 5.11 Å². The van der Waals surface area contributed by atoms with Crippen LogP contribution in [0.2, 0.25) is 0 Å². The van der Waals surface area contributed by atoms with Crippen molar-refractivity contribution < 1.29 is 13.5 Å². The van der Waals surface area contributed by atoms with Crippen LogP contribution in [0.15, 0.2) is 53.7 Å². The molecule has 5 nitrogen and oxygen atoms in total. The molecule has 0 radical (unpaired) electrons. The molecule has 0 fully saturated rings. The molecule has 0 saturated heterocycles. The van der Waals surface area contributed by atoms with Gasteiger partial charge in [0.15, 0.2) is 0 Å². The number of hydrogen-bond acceptors (Lipinski definition) is 4. The first kappa shape index (κ1) is 14.6. The van der Waals surface area contributed by atoms with Crippen molar-refractivity contribution >= 4 is 10.0 Å². The van der Waals surface area contributed by atoms with Gasteiger partial charge in [-0.3, -0.25) is 4.98 Å². The fourth-order valence-electron chi connectivity index (χ4n) is 1.67. The minimum atomic E-state index is -3.58. The zero-order valence-electron chi connectivity index (χ0n) is 11.0. The van der Waals surface area contributed by atoms with Gasteiger partial charge in [-0.1, -0.05) is 18.2 Å². The van der Waals surface area contributed by atoms with Crippen LogP contribution in [0.3, 0.4) is 0 Å². The lowest BCUT2D eigenvalue weighted by molar-refractivity contribution is 0.198. The van der Waals surface area contributed by atoms with E-state index >= 15 is 0 Å². The fourth-order valence-corrected chi connectivity index (χ4v) is 2.80. The molecule has 0 amide bonds. The van der Waals surface area contributed by atoms with Gasteiger partial charge in [0.1, 0.15) is 0 Å². The van der Waals surface area contributed by atoms with Crippen LogP contribution >= 0.6 is 0 Å². The van der Waals surface area contributed by atoms with E-state index in [1.54, 1.807) is 24.5 Å². The Kier molecular flexibility index (Phi) is 4.49. The second kappa shape index (κ2) is 6.13. The normalized spacial score (nSPS) is 13.1. The van der Waals surface area contributed by atoms with Crippen LogP contribution < -0.4 is 4.72 Å². The number of pyridine rings is 1. The average molecular weight is 292 g/mol. The van der Waals surface area contributed by atoms with E-state index < -0.39 is 16.1 Å². The van der Waals surface area contributed by atoms with E-state index in [-0.39, 0.29) is 11.4 Å². The molecule has 0 aliphatic heterocycles. The van der Waals surface area contributed by atoms with Gasteiger partial charge in [0, 0.05) is 18.9 Å². The first-order chi connectivity index (χ1) is 9.49. The molecule has 0 aliphatic carbocycles. The van der Waals surface area contributed by atoms with E-state index in [4.69, 9.17) is 5.11 Å². The summed E-state index contributed by atoms with van der Waals surface area (Å²) in [7, 11) is -3.58. The van der Waals surface area contributed by atoms with Crippen LogP contribution in [0.25, 0.3) is 11.1 Å². The molecule has 1 aromatic carbocycles. The minimum Gasteiger partial charge on any atom is -0.392 e. The molecule has 0 saturated carbocycles. The van der Waals surface area contributed by atoms with Crippen molar-refractivity contribution in [1.29, 1.82) is 0 Å². The molecule has 1 heterocycles. The fraction of sp³-hybridized carbons (Fsp3) is 0.214. The maximum atomic E-state index is 11.9. The number of aliphatic hydroxyl groups excluding tert-OH is 1. The largest absolute Gasteiger partial charge is 0.392 e. The molecule has 2 aromatic rings. The summed E-state index contributed by atoms with van der Waals surface area (Å²) >= 11 is 0. The molecule has 6 heteroatoms. The van der Waals surface area contributed by atoms with Crippen molar-refractivity contribution in [2.75, 3.05) is 6.54 Å². The van der Waals surface area contributed by atoms with Crippen molar-refractivity contribution in [3.8, 4) is 11.1 Å². The predicted octanol–water partition coefficient (Wildman–Crippen LogP) is 1.41. The van der Waals surface area contributed by atoms with Gasteiger partial charge in [0.25, 0.3) is 0 Å². The molecule has 0 bridgehead atoms. The Bertz CT molecular complexity index is 653. The molecule has 2 N–H and O–H groups in total. The van der Waals surface area contributed by atoms with Gasteiger partial charge >= 0.3 is 0 Å². The maximum absolute atomic E-state index is 11.9.